The van der Waals surface area contributed by atoms with Crippen molar-refractivity contribution in [3.05, 3.63) is 50.4 Å². The predicted molar refractivity (Wildman–Crippen MR) is 118 cm³/mol. The first-order valence-electron chi connectivity index (χ1n) is 10.9. The van der Waals surface area contributed by atoms with Gasteiger partial charge in [0.1, 0.15) is 6.54 Å². The molecule has 2 bridgehead atoms. The standard InChI is InChI=1S/C23H22N2O5S2/c1-2-30-13(26)9-25-21(27)16-11-8-12(17(16)22(25)28)18-15(11)14(10-6-4-3-5-7-10)19-20(31-18)24-23(29)32-19/h3-7,11-12,14-18H,2,8-9H2,1H3,(H,24,29). The average molecular weight is 471 g/mol. The molecule has 9 heteroatoms. The maximum absolute atomic E-state index is 13.3. The van der Waals surface area contributed by atoms with Crippen molar-refractivity contribution < 1.29 is 19.1 Å². The average Bonchev–Trinajstić information content (AvgIpc) is 3.50. The molecular weight excluding hydrogens is 448 g/mol. The largest absolute Gasteiger partial charge is 0.465 e. The Kier molecular flexibility index (Phi) is 4.62. The number of aromatic amines is 1. The van der Waals surface area contributed by atoms with E-state index in [1.54, 1.807) is 18.7 Å². The highest BCUT2D eigenvalue weighted by molar-refractivity contribution is 8.00. The summed E-state index contributed by atoms with van der Waals surface area (Å²) in [6.45, 7) is 1.62. The summed E-state index contributed by atoms with van der Waals surface area (Å²) in [4.78, 5) is 55.9. The van der Waals surface area contributed by atoms with Crippen LogP contribution in [-0.2, 0) is 19.1 Å². The third kappa shape index (κ3) is 2.73. The number of imide groups is 1. The Morgan fingerprint density at radius 2 is 1.84 bits per heavy atom. The van der Waals surface area contributed by atoms with Crippen LogP contribution in [0.4, 0.5) is 0 Å². The number of ether oxygens (including phenoxy) is 1. The zero-order valence-corrected chi connectivity index (χ0v) is 19.0. The lowest BCUT2D eigenvalue weighted by atomic mass is 9.68. The first kappa shape index (κ1) is 20.2. The third-order valence-corrected chi connectivity index (χ3v) is 10.2. The van der Waals surface area contributed by atoms with Crippen molar-refractivity contribution in [1.29, 1.82) is 0 Å². The Labute approximate surface area is 192 Å². The molecule has 7 unspecified atom stereocenters. The summed E-state index contributed by atoms with van der Waals surface area (Å²) in [5.41, 5.74) is 1.14. The lowest BCUT2D eigenvalue weighted by Gasteiger charge is -2.43. The number of hydrogen-bond donors (Lipinski definition) is 1. The number of nitrogens with zero attached hydrogens (tertiary/aromatic N) is 1. The van der Waals surface area contributed by atoms with Gasteiger partial charge in [0.2, 0.25) is 11.8 Å². The summed E-state index contributed by atoms with van der Waals surface area (Å²) < 4.78 is 4.98. The zero-order valence-electron chi connectivity index (χ0n) is 17.4. The highest BCUT2D eigenvalue weighted by Gasteiger charge is 2.69. The van der Waals surface area contributed by atoms with E-state index in [0.29, 0.717) is 0 Å². The van der Waals surface area contributed by atoms with Crippen LogP contribution in [0.2, 0.25) is 0 Å². The molecule has 1 saturated heterocycles. The molecule has 32 heavy (non-hydrogen) atoms. The fourth-order valence-corrected chi connectivity index (χ4v) is 9.49. The molecule has 1 aromatic carbocycles. The van der Waals surface area contributed by atoms with Gasteiger partial charge in [-0.2, -0.15) is 0 Å². The molecule has 2 saturated carbocycles. The number of rotatable bonds is 4. The van der Waals surface area contributed by atoms with Crippen molar-refractivity contribution in [3.8, 4) is 0 Å². The smallest absolute Gasteiger partial charge is 0.326 e. The Morgan fingerprint density at radius 1 is 1.12 bits per heavy atom. The van der Waals surface area contributed by atoms with Crippen molar-refractivity contribution in [2.75, 3.05) is 13.2 Å². The van der Waals surface area contributed by atoms with E-state index >= 15 is 0 Å². The number of H-pyrrole nitrogens is 1. The minimum Gasteiger partial charge on any atom is -0.465 e. The lowest BCUT2D eigenvalue weighted by molar-refractivity contribution is -0.153. The van der Waals surface area contributed by atoms with Crippen molar-refractivity contribution in [2.24, 2.45) is 29.6 Å². The molecule has 2 amide bonds. The number of likely N-dealkylation sites (tertiary alicyclic amines) is 1. The van der Waals surface area contributed by atoms with Crippen LogP contribution in [0.3, 0.4) is 0 Å². The van der Waals surface area contributed by atoms with Gasteiger partial charge in [-0.3, -0.25) is 24.1 Å². The van der Waals surface area contributed by atoms with Gasteiger partial charge in [-0.15, -0.1) is 11.8 Å². The predicted octanol–water partition coefficient (Wildman–Crippen LogP) is 2.47. The van der Waals surface area contributed by atoms with Gasteiger partial charge in [-0.05, 0) is 36.7 Å². The van der Waals surface area contributed by atoms with Crippen LogP contribution >= 0.6 is 23.1 Å². The van der Waals surface area contributed by atoms with Crippen LogP contribution in [0, 0.1) is 29.6 Å². The maximum Gasteiger partial charge on any atom is 0.326 e. The minimum atomic E-state index is -0.546. The van der Waals surface area contributed by atoms with E-state index in [1.165, 1.54) is 11.3 Å². The summed E-state index contributed by atoms with van der Waals surface area (Å²) in [5.74, 6) is -1.45. The molecular formula is C23H22N2O5S2. The minimum absolute atomic E-state index is 0.0272. The zero-order chi connectivity index (χ0) is 22.1. The van der Waals surface area contributed by atoms with Crippen LogP contribution in [0.15, 0.2) is 40.2 Å². The second-order valence-corrected chi connectivity index (χ2v) is 11.1. The highest BCUT2D eigenvalue weighted by atomic mass is 32.2. The number of amides is 2. The number of hydrogen-bond acceptors (Lipinski definition) is 7. The van der Waals surface area contributed by atoms with E-state index in [2.05, 4.69) is 17.1 Å². The third-order valence-electron chi connectivity index (χ3n) is 7.57. The fourth-order valence-electron chi connectivity index (χ4n) is 6.60. The Morgan fingerprint density at radius 3 is 2.56 bits per heavy atom. The van der Waals surface area contributed by atoms with Crippen molar-refractivity contribution in [1.82, 2.24) is 9.88 Å². The number of carbonyl (C=O) groups excluding carboxylic acids is 3. The Hall–Kier alpha value is -2.39. The van der Waals surface area contributed by atoms with Gasteiger partial charge in [0.15, 0.2) is 0 Å². The topological polar surface area (TPSA) is 96.5 Å². The SMILES string of the molecule is CCOC(=O)CN1C(=O)C2C3CC(C2C1=O)C1C(c2ccccc2)c2sc(=O)[nH]c2SC31. The van der Waals surface area contributed by atoms with Gasteiger partial charge in [-0.25, -0.2) is 0 Å². The first-order valence-corrected chi connectivity index (χ1v) is 12.6. The molecule has 2 aromatic rings. The molecule has 166 valence electrons. The quantitative estimate of drug-likeness (QED) is 0.545. The molecule has 3 fully saturated rings. The van der Waals surface area contributed by atoms with Crippen LogP contribution in [0.25, 0.3) is 0 Å². The molecule has 2 aliphatic heterocycles. The fraction of sp³-hybridized carbons (Fsp3) is 0.478. The van der Waals surface area contributed by atoms with Gasteiger partial charge in [0.25, 0.3) is 0 Å². The first-order chi connectivity index (χ1) is 15.5. The molecule has 0 radical (unpaired) electrons. The van der Waals surface area contributed by atoms with E-state index in [4.69, 9.17) is 4.74 Å². The molecule has 1 aromatic heterocycles. The molecule has 2 aliphatic carbocycles. The van der Waals surface area contributed by atoms with Gasteiger partial charge >= 0.3 is 10.8 Å². The van der Waals surface area contributed by atoms with Gasteiger partial charge in [-0.1, -0.05) is 41.7 Å². The Balaban J connectivity index is 1.39. The molecule has 7 nitrogen and oxygen atoms in total. The number of esters is 1. The number of fused-ring (bicyclic) bond motifs is 9. The summed E-state index contributed by atoms with van der Waals surface area (Å²) in [6, 6.07) is 10.2. The molecule has 0 spiro atoms. The number of carbonyl (C=O) groups is 3. The van der Waals surface area contributed by atoms with Crippen molar-refractivity contribution in [2.45, 2.75) is 29.5 Å². The van der Waals surface area contributed by atoms with E-state index < -0.39 is 5.97 Å². The number of aromatic nitrogens is 1. The van der Waals surface area contributed by atoms with Crippen LogP contribution < -0.4 is 4.87 Å². The monoisotopic (exact) mass is 470 g/mol. The van der Waals surface area contributed by atoms with Crippen molar-refractivity contribution in [3.63, 3.8) is 0 Å². The van der Waals surface area contributed by atoms with E-state index in [1.807, 2.05) is 18.2 Å². The van der Waals surface area contributed by atoms with Crippen LogP contribution in [0.1, 0.15) is 29.7 Å². The molecule has 3 heterocycles. The normalized spacial score (nSPS) is 34.4. The summed E-state index contributed by atoms with van der Waals surface area (Å²) in [6.07, 6.45) is 0.838. The summed E-state index contributed by atoms with van der Waals surface area (Å²) in [5, 5.41) is 1.06. The van der Waals surface area contributed by atoms with Crippen LogP contribution in [0.5, 0.6) is 0 Å². The molecule has 7 atom stereocenters. The second kappa shape index (κ2) is 7.31. The second-order valence-electron chi connectivity index (χ2n) is 8.94. The summed E-state index contributed by atoms with van der Waals surface area (Å²) in [7, 11) is 0. The highest BCUT2D eigenvalue weighted by Crippen LogP contribution is 2.68. The van der Waals surface area contributed by atoms with E-state index in [9.17, 15) is 19.2 Å². The summed E-state index contributed by atoms with van der Waals surface area (Å²) >= 11 is 2.92. The maximum atomic E-state index is 13.3. The van der Waals surface area contributed by atoms with E-state index in [-0.39, 0.29) is 70.6 Å². The van der Waals surface area contributed by atoms with Gasteiger partial charge < -0.3 is 9.72 Å². The molecule has 1 N–H and O–H groups in total. The number of thioether (sulfide) groups is 1. The number of benzene rings is 1. The Bertz CT molecular complexity index is 1170. The van der Waals surface area contributed by atoms with Gasteiger partial charge in [0, 0.05) is 16.0 Å². The van der Waals surface area contributed by atoms with E-state index in [0.717, 1.165) is 26.8 Å². The lowest BCUT2D eigenvalue weighted by Crippen LogP contribution is -2.42. The van der Waals surface area contributed by atoms with Gasteiger partial charge in [0.05, 0.1) is 23.5 Å². The number of thiazole rings is 1. The number of nitrogens with one attached hydrogen (secondary N) is 1. The van der Waals surface area contributed by atoms with Crippen LogP contribution in [-0.4, -0.2) is 46.1 Å². The molecule has 6 rings (SSSR count). The molecule has 4 aliphatic rings. The van der Waals surface area contributed by atoms with Crippen molar-refractivity contribution >= 4 is 40.9 Å².